The molecule has 7 nitrogen and oxygen atoms in total. The highest BCUT2D eigenvalue weighted by Crippen LogP contribution is 2.12. The average Bonchev–Trinajstić information content (AvgIpc) is 2.49. The number of unbranched alkanes of at least 4 members (excludes halogenated alkanes) is 1. The third-order valence-electron chi connectivity index (χ3n) is 2.78. The van der Waals surface area contributed by atoms with Crippen LogP contribution in [0.2, 0.25) is 0 Å². The summed E-state index contributed by atoms with van der Waals surface area (Å²) < 4.78 is 5.06. The molecule has 0 aliphatic heterocycles. The van der Waals surface area contributed by atoms with Crippen molar-refractivity contribution in [1.82, 2.24) is 4.98 Å². The van der Waals surface area contributed by atoms with Crippen LogP contribution >= 0.6 is 0 Å². The number of carbonyl (C=O) groups is 1. The second-order valence-corrected chi connectivity index (χ2v) is 4.29. The first-order chi connectivity index (χ1) is 10.2. The van der Waals surface area contributed by atoms with Crippen molar-refractivity contribution < 1.29 is 19.5 Å². The number of hydrogen-bond donors (Lipinski definition) is 0. The van der Waals surface area contributed by atoms with Crippen molar-refractivity contribution in [3.8, 4) is 0 Å². The fourth-order valence-corrected chi connectivity index (χ4v) is 1.76. The first-order valence-electron chi connectivity index (χ1n) is 6.47. The fraction of sp³-hybridized carbons (Fsp3) is 0.286. The number of fused-ring (bicyclic) bond motifs is 1. The molecular formula is C14H14N2O5. The summed E-state index contributed by atoms with van der Waals surface area (Å²) in [5.74, 6) is -0.504. The number of para-hydroxylation sites is 1. The van der Waals surface area contributed by atoms with E-state index in [1.165, 1.54) is 0 Å². The smallest absolute Gasteiger partial charge is 0.356 e. The van der Waals surface area contributed by atoms with E-state index in [-0.39, 0.29) is 18.9 Å². The Kier molecular flexibility index (Phi) is 5.03. The highest BCUT2D eigenvalue weighted by molar-refractivity contribution is 5.90. The van der Waals surface area contributed by atoms with Gasteiger partial charge in [0.15, 0.2) is 0 Å². The van der Waals surface area contributed by atoms with Gasteiger partial charge in [-0.05, 0) is 25.0 Å². The van der Waals surface area contributed by atoms with Crippen LogP contribution in [0.3, 0.4) is 0 Å². The first-order valence-corrected chi connectivity index (χ1v) is 6.47. The zero-order chi connectivity index (χ0) is 15.1. The molecule has 0 saturated heterocycles. The van der Waals surface area contributed by atoms with Crippen LogP contribution in [-0.4, -0.2) is 29.3 Å². The van der Waals surface area contributed by atoms with Crippen molar-refractivity contribution in [1.29, 1.82) is 0 Å². The molecule has 2 aromatic rings. The molecule has 0 spiro atoms. The summed E-state index contributed by atoms with van der Waals surface area (Å²) in [4.78, 5) is 30.1. The minimum atomic E-state index is -0.842. The number of esters is 1. The normalized spacial score (nSPS) is 10.3. The molecule has 0 fully saturated rings. The summed E-state index contributed by atoms with van der Waals surface area (Å²) in [7, 11) is 0. The van der Waals surface area contributed by atoms with Gasteiger partial charge in [0.05, 0.1) is 18.7 Å². The van der Waals surface area contributed by atoms with Crippen LogP contribution < -0.4 is 0 Å². The third kappa shape index (κ3) is 4.41. The van der Waals surface area contributed by atoms with E-state index in [0.29, 0.717) is 12.8 Å². The van der Waals surface area contributed by atoms with E-state index >= 15 is 0 Å². The van der Waals surface area contributed by atoms with Crippen molar-refractivity contribution in [3.63, 3.8) is 0 Å². The molecule has 2 rings (SSSR count). The largest absolute Gasteiger partial charge is 0.461 e. The van der Waals surface area contributed by atoms with E-state index in [2.05, 4.69) is 9.82 Å². The van der Waals surface area contributed by atoms with Crippen LogP contribution in [0.5, 0.6) is 0 Å². The summed E-state index contributed by atoms with van der Waals surface area (Å²) in [6.07, 6.45) is 0.937. The van der Waals surface area contributed by atoms with Gasteiger partial charge < -0.3 is 9.57 Å². The van der Waals surface area contributed by atoms with E-state index in [4.69, 9.17) is 4.74 Å². The Bertz CT molecular complexity index is 644. The summed E-state index contributed by atoms with van der Waals surface area (Å²) in [6.45, 7) is 0.174. The molecule has 0 amide bonds. The lowest BCUT2D eigenvalue weighted by molar-refractivity contribution is -0.757. The van der Waals surface area contributed by atoms with Crippen LogP contribution in [-0.2, 0) is 9.57 Å². The Labute approximate surface area is 120 Å². The van der Waals surface area contributed by atoms with Gasteiger partial charge >= 0.3 is 5.97 Å². The van der Waals surface area contributed by atoms with E-state index in [0.717, 1.165) is 10.9 Å². The zero-order valence-corrected chi connectivity index (χ0v) is 11.2. The predicted octanol–water partition coefficient (Wildman–Crippen LogP) is 2.38. The van der Waals surface area contributed by atoms with Crippen molar-refractivity contribution in [2.24, 2.45) is 0 Å². The highest BCUT2D eigenvalue weighted by Gasteiger charge is 2.09. The zero-order valence-electron chi connectivity index (χ0n) is 11.2. The number of benzene rings is 1. The minimum absolute atomic E-state index is 0.00122. The molecule has 110 valence electrons. The second kappa shape index (κ2) is 7.18. The molecule has 1 aromatic heterocycles. The van der Waals surface area contributed by atoms with Gasteiger partial charge in [-0.25, -0.2) is 9.78 Å². The molecule has 0 atom stereocenters. The van der Waals surface area contributed by atoms with E-state index in [1.807, 2.05) is 30.3 Å². The molecule has 0 aliphatic rings. The van der Waals surface area contributed by atoms with Crippen molar-refractivity contribution >= 4 is 16.9 Å². The molecule has 0 aliphatic carbocycles. The number of rotatable bonds is 7. The Morgan fingerprint density at radius 2 is 1.90 bits per heavy atom. The monoisotopic (exact) mass is 290 g/mol. The SMILES string of the molecule is O=C(OCCCCO[N+](=O)[O-])c1ccc2ccccc2n1. The van der Waals surface area contributed by atoms with Gasteiger partial charge in [-0.15, -0.1) is 10.1 Å². The van der Waals surface area contributed by atoms with Gasteiger partial charge in [-0.3, -0.25) is 0 Å². The summed E-state index contributed by atoms with van der Waals surface area (Å²) in [5, 5.41) is 10.0. The molecule has 0 N–H and O–H groups in total. The predicted molar refractivity (Wildman–Crippen MR) is 74.2 cm³/mol. The Hall–Kier alpha value is -2.70. The number of pyridine rings is 1. The van der Waals surface area contributed by atoms with Gasteiger partial charge in [0.25, 0.3) is 5.09 Å². The molecule has 0 unspecified atom stereocenters. The highest BCUT2D eigenvalue weighted by atomic mass is 16.9. The van der Waals surface area contributed by atoms with E-state index in [1.54, 1.807) is 6.07 Å². The lowest BCUT2D eigenvalue weighted by Gasteiger charge is -2.05. The molecule has 0 bridgehead atoms. The summed E-state index contributed by atoms with van der Waals surface area (Å²) in [5.41, 5.74) is 0.974. The van der Waals surface area contributed by atoms with Crippen LogP contribution in [0.1, 0.15) is 23.3 Å². The topological polar surface area (TPSA) is 91.6 Å². The lowest BCUT2D eigenvalue weighted by Crippen LogP contribution is -2.09. The molecule has 7 heteroatoms. The quantitative estimate of drug-likeness (QED) is 0.336. The number of ether oxygens (including phenoxy) is 1. The minimum Gasteiger partial charge on any atom is -0.461 e. The van der Waals surface area contributed by atoms with Gasteiger partial charge in [0, 0.05) is 5.39 Å². The van der Waals surface area contributed by atoms with E-state index < -0.39 is 11.1 Å². The maximum absolute atomic E-state index is 11.8. The van der Waals surface area contributed by atoms with E-state index in [9.17, 15) is 14.9 Å². The molecule has 21 heavy (non-hydrogen) atoms. The number of aromatic nitrogens is 1. The molecule has 0 saturated carbocycles. The second-order valence-electron chi connectivity index (χ2n) is 4.29. The Morgan fingerprint density at radius 3 is 2.71 bits per heavy atom. The number of hydrogen-bond acceptors (Lipinski definition) is 6. The standard InChI is InChI=1S/C14H14N2O5/c17-14(20-9-3-4-10-21-16(18)19)13-8-7-11-5-1-2-6-12(11)15-13/h1-2,5-8H,3-4,9-10H2. The number of nitrogens with zero attached hydrogens (tertiary/aromatic N) is 2. The number of carbonyl (C=O) groups excluding carboxylic acids is 1. The van der Waals surface area contributed by atoms with Gasteiger partial charge in [0.2, 0.25) is 0 Å². The van der Waals surface area contributed by atoms with Crippen LogP contribution in [0.4, 0.5) is 0 Å². The van der Waals surface area contributed by atoms with Crippen LogP contribution in [0.25, 0.3) is 10.9 Å². The molecule has 1 aromatic carbocycles. The molecule has 0 radical (unpaired) electrons. The average molecular weight is 290 g/mol. The lowest BCUT2D eigenvalue weighted by atomic mass is 10.2. The Balaban J connectivity index is 1.80. The maximum atomic E-state index is 11.8. The maximum Gasteiger partial charge on any atom is 0.356 e. The van der Waals surface area contributed by atoms with Gasteiger partial charge in [-0.2, -0.15) is 0 Å². The van der Waals surface area contributed by atoms with Gasteiger partial charge in [-0.1, -0.05) is 24.3 Å². The summed E-state index contributed by atoms with van der Waals surface area (Å²) in [6, 6.07) is 10.9. The van der Waals surface area contributed by atoms with Gasteiger partial charge in [0.1, 0.15) is 5.69 Å². The summed E-state index contributed by atoms with van der Waals surface area (Å²) >= 11 is 0. The molecular weight excluding hydrogens is 276 g/mol. The van der Waals surface area contributed by atoms with Crippen LogP contribution in [0.15, 0.2) is 36.4 Å². The van der Waals surface area contributed by atoms with Crippen LogP contribution in [0, 0.1) is 10.1 Å². The van der Waals surface area contributed by atoms with Crippen molar-refractivity contribution in [3.05, 3.63) is 52.2 Å². The third-order valence-corrected chi connectivity index (χ3v) is 2.78. The first kappa shape index (κ1) is 14.7. The Morgan fingerprint density at radius 1 is 1.14 bits per heavy atom. The fourth-order valence-electron chi connectivity index (χ4n) is 1.76. The molecule has 1 heterocycles. The van der Waals surface area contributed by atoms with Crippen molar-refractivity contribution in [2.75, 3.05) is 13.2 Å². The van der Waals surface area contributed by atoms with Crippen molar-refractivity contribution in [2.45, 2.75) is 12.8 Å².